The Morgan fingerprint density at radius 2 is 1.81 bits per heavy atom. The summed E-state index contributed by atoms with van der Waals surface area (Å²) in [6.07, 6.45) is 0.433. The first-order valence-electron chi connectivity index (χ1n) is 8.17. The van der Waals surface area contributed by atoms with E-state index in [1.807, 2.05) is 19.9 Å². The van der Waals surface area contributed by atoms with Crippen molar-refractivity contribution in [2.45, 2.75) is 20.3 Å². The van der Waals surface area contributed by atoms with E-state index in [9.17, 15) is 22.8 Å². The Morgan fingerprint density at radius 3 is 2.38 bits per heavy atom. The predicted octanol–water partition coefficient (Wildman–Crippen LogP) is 3.15. The maximum atomic E-state index is 13.2. The minimum Gasteiger partial charge on any atom is -0.354 e. The van der Waals surface area contributed by atoms with Gasteiger partial charge in [-0.3, -0.25) is 9.59 Å². The van der Waals surface area contributed by atoms with E-state index >= 15 is 0 Å². The Morgan fingerprint density at radius 1 is 1.15 bits per heavy atom. The fourth-order valence-corrected chi connectivity index (χ4v) is 3.14. The molecule has 138 valence electrons. The molecule has 0 bridgehead atoms. The Bertz CT molecular complexity index is 856. The van der Waals surface area contributed by atoms with Crippen LogP contribution in [0.2, 0.25) is 0 Å². The molecule has 0 unspecified atom stereocenters. The number of halogens is 3. The molecule has 1 aliphatic rings. The van der Waals surface area contributed by atoms with Crippen LogP contribution < -0.4 is 5.32 Å². The number of nitrogens with one attached hydrogen (secondary N) is 2. The smallest absolute Gasteiger partial charge is 0.270 e. The molecule has 0 saturated carbocycles. The largest absolute Gasteiger partial charge is 0.354 e. The normalized spacial score (nSPS) is 16.8. The van der Waals surface area contributed by atoms with Crippen molar-refractivity contribution < 1.29 is 22.8 Å². The van der Waals surface area contributed by atoms with Gasteiger partial charge in [0.15, 0.2) is 17.5 Å². The molecular weight excluding hydrogens is 347 g/mol. The van der Waals surface area contributed by atoms with Crippen LogP contribution in [0.1, 0.15) is 28.2 Å². The summed E-state index contributed by atoms with van der Waals surface area (Å²) in [5, 5.41) is 2.38. The van der Waals surface area contributed by atoms with E-state index in [2.05, 4.69) is 10.3 Å². The van der Waals surface area contributed by atoms with Gasteiger partial charge in [0.25, 0.3) is 5.91 Å². The van der Waals surface area contributed by atoms with Gasteiger partial charge in [-0.2, -0.15) is 0 Å². The number of carbonyl (C=O) groups is 2. The fourth-order valence-electron chi connectivity index (χ4n) is 3.14. The van der Waals surface area contributed by atoms with E-state index < -0.39 is 29.3 Å². The second-order valence-electron chi connectivity index (χ2n) is 6.49. The standard InChI is InChI=1S/C18H18F3N3O2/c1-9-5-10(2)22-16(9)18(26)24-4-3-11(8-24)17(25)23-12-6-13(19)15(21)14(20)7-12/h5-7,11,22H,3-4,8H2,1-2H3,(H,23,25)/t11-/m0/s1. The first-order chi connectivity index (χ1) is 12.3. The Balaban J connectivity index is 1.66. The van der Waals surface area contributed by atoms with Crippen LogP contribution in [0.15, 0.2) is 18.2 Å². The number of benzene rings is 1. The van der Waals surface area contributed by atoms with Crippen LogP contribution >= 0.6 is 0 Å². The van der Waals surface area contributed by atoms with Crippen molar-refractivity contribution in [2.75, 3.05) is 18.4 Å². The van der Waals surface area contributed by atoms with Crippen molar-refractivity contribution in [3.63, 3.8) is 0 Å². The molecule has 2 N–H and O–H groups in total. The van der Waals surface area contributed by atoms with Crippen molar-refractivity contribution in [2.24, 2.45) is 5.92 Å². The van der Waals surface area contributed by atoms with Gasteiger partial charge >= 0.3 is 0 Å². The number of hydrogen-bond donors (Lipinski definition) is 2. The highest BCUT2D eigenvalue weighted by Gasteiger charge is 2.32. The highest BCUT2D eigenvalue weighted by atomic mass is 19.2. The molecule has 8 heteroatoms. The average Bonchev–Trinajstić information content (AvgIpc) is 3.18. The highest BCUT2D eigenvalue weighted by Crippen LogP contribution is 2.23. The molecule has 1 fully saturated rings. The summed E-state index contributed by atoms with van der Waals surface area (Å²) >= 11 is 0. The lowest BCUT2D eigenvalue weighted by Gasteiger charge is -2.16. The zero-order chi connectivity index (χ0) is 19.0. The minimum absolute atomic E-state index is 0.160. The Labute approximate surface area is 148 Å². The number of aromatic amines is 1. The third kappa shape index (κ3) is 3.44. The third-order valence-corrected chi connectivity index (χ3v) is 4.46. The number of rotatable bonds is 3. The van der Waals surface area contributed by atoms with Gasteiger partial charge in [0.2, 0.25) is 5.91 Å². The van der Waals surface area contributed by atoms with Gasteiger partial charge in [-0.05, 0) is 31.9 Å². The molecule has 2 aromatic rings. The monoisotopic (exact) mass is 365 g/mol. The first kappa shape index (κ1) is 18.0. The van der Waals surface area contributed by atoms with E-state index in [0.717, 1.165) is 23.4 Å². The van der Waals surface area contributed by atoms with Crippen LogP contribution in [0.3, 0.4) is 0 Å². The Hall–Kier alpha value is -2.77. The lowest BCUT2D eigenvalue weighted by Crippen LogP contribution is -2.32. The third-order valence-electron chi connectivity index (χ3n) is 4.46. The number of amides is 2. The predicted molar refractivity (Wildman–Crippen MR) is 89.2 cm³/mol. The molecule has 1 aliphatic heterocycles. The number of nitrogens with zero attached hydrogens (tertiary/aromatic N) is 1. The average molecular weight is 365 g/mol. The van der Waals surface area contributed by atoms with Gasteiger partial charge in [0.1, 0.15) is 5.69 Å². The topological polar surface area (TPSA) is 65.2 Å². The summed E-state index contributed by atoms with van der Waals surface area (Å²) in [5.41, 5.74) is 2.04. The molecular formula is C18H18F3N3O2. The molecule has 1 saturated heterocycles. The van der Waals surface area contributed by atoms with Crippen molar-refractivity contribution in [1.29, 1.82) is 0 Å². The zero-order valence-electron chi connectivity index (χ0n) is 14.3. The van der Waals surface area contributed by atoms with E-state index in [1.165, 1.54) is 0 Å². The maximum absolute atomic E-state index is 13.2. The van der Waals surface area contributed by atoms with Crippen LogP contribution in [0, 0.1) is 37.2 Å². The molecule has 1 aromatic carbocycles. The second-order valence-corrected chi connectivity index (χ2v) is 6.49. The maximum Gasteiger partial charge on any atom is 0.270 e. The van der Waals surface area contributed by atoms with E-state index in [0.29, 0.717) is 18.7 Å². The molecule has 0 radical (unpaired) electrons. The molecule has 2 amide bonds. The lowest BCUT2D eigenvalue weighted by atomic mass is 10.1. The van der Waals surface area contributed by atoms with Crippen molar-refractivity contribution >= 4 is 17.5 Å². The molecule has 0 aliphatic carbocycles. The minimum atomic E-state index is -1.59. The van der Waals surface area contributed by atoms with Crippen molar-refractivity contribution in [1.82, 2.24) is 9.88 Å². The molecule has 1 aromatic heterocycles. The molecule has 3 rings (SSSR count). The van der Waals surface area contributed by atoms with Crippen molar-refractivity contribution in [3.05, 3.63) is 52.6 Å². The van der Waals surface area contributed by atoms with Gasteiger partial charge in [0, 0.05) is 36.6 Å². The molecule has 0 spiro atoms. The molecule has 26 heavy (non-hydrogen) atoms. The zero-order valence-corrected chi connectivity index (χ0v) is 14.3. The number of carbonyl (C=O) groups excluding carboxylic acids is 2. The summed E-state index contributed by atoms with van der Waals surface area (Å²) in [6, 6.07) is 3.31. The van der Waals surface area contributed by atoms with Gasteiger partial charge in [-0.15, -0.1) is 0 Å². The second kappa shape index (κ2) is 6.86. The first-order valence-corrected chi connectivity index (χ1v) is 8.17. The van der Waals surface area contributed by atoms with E-state index in [-0.39, 0.29) is 18.1 Å². The van der Waals surface area contributed by atoms with Gasteiger partial charge in [-0.25, -0.2) is 13.2 Å². The van der Waals surface area contributed by atoms with Crippen molar-refractivity contribution in [3.8, 4) is 0 Å². The summed E-state index contributed by atoms with van der Waals surface area (Å²) < 4.78 is 39.5. The number of anilines is 1. The molecule has 2 heterocycles. The van der Waals surface area contributed by atoms with E-state index in [4.69, 9.17) is 0 Å². The van der Waals surface area contributed by atoms with Crippen LogP contribution in [-0.2, 0) is 4.79 Å². The summed E-state index contributed by atoms with van der Waals surface area (Å²) in [6.45, 7) is 4.29. The highest BCUT2D eigenvalue weighted by molar-refractivity contribution is 5.96. The number of hydrogen-bond acceptors (Lipinski definition) is 2. The van der Waals surface area contributed by atoms with Crippen LogP contribution in [-0.4, -0.2) is 34.8 Å². The SMILES string of the molecule is Cc1cc(C)c(C(=O)N2CC[C@H](C(=O)Nc3cc(F)c(F)c(F)c3)C2)[nH]1. The van der Waals surface area contributed by atoms with Gasteiger partial charge in [-0.1, -0.05) is 0 Å². The fraction of sp³-hybridized carbons (Fsp3) is 0.333. The molecule has 1 atom stereocenters. The number of aryl methyl sites for hydroxylation is 2. The Kier molecular flexibility index (Phi) is 4.76. The summed E-state index contributed by atoms with van der Waals surface area (Å²) in [4.78, 5) is 29.4. The summed E-state index contributed by atoms with van der Waals surface area (Å²) in [7, 11) is 0. The van der Waals surface area contributed by atoms with Gasteiger partial charge < -0.3 is 15.2 Å². The molecule has 5 nitrogen and oxygen atoms in total. The van der Waals surface area contributed by atoms with Crippen LogP contribution in [0.25, 0.3) is 0 Å². The summed E-state index contributed by atoms with van der Waals surface area (Å²) in [5.74, 6) is -5.50. The lowest BCUT2D eigenvalue weighted by molar-refractivity contribution is -0.119. The quantitative estimate of drug-likeness (QED) is 0.821. The van der Waals surface area contributed by atoms with Crippen LogP contribution in [0.4, 0.5) is 18.9 Å². The van der Waals surface area contributed by atoms with E-state index in [1.54, 1.807) is 4.90 Å². The number of aromatic nitrogens is 1. The van der Waals surface area contributed by atoms with Crippen LogP contribution in [0.5, 0.6) is 0 Å². The number of likely N-dealkylation sites (tertiary alicyclic amines) is 1. The number of H-pyrrole nitrogens is 1. The van der Waals surface area contributed by atoms with Gasteiger partial charge in [0.05, 0.1) is 5.92 Å².